The van der Waals surface area contributed by atoms with Gasteiger partial charge >= 0.3 is 0 Å². The van der Waals surface area contributed by atoms with Gasteiger partial charge in [-0.1, -0.05) is 12.1 Å². The van der Waals surface area contributed by atoms with Gasteiger partial charge in [-0.05, 0) is 12.1 Å². The van der Waals surface area contributed by atoms with E-state index in [2.05, 4.69) is 0 Å². The van der Waals surface area contributed by atoms with Gasteiger partial charge in [0.1, 0.15) is 5.75 Å². The van der Waals surface area contributed by atoms with Crippen molar-refractivity contribution in [1.29, 1.82) is 10.5 Å². The summed E-state index contributed by atoms with van der Waals surface area (Å²) in [6, 6.07) is 10.2. The molecule has 114 valence electrons. The number of ether oxygens (including phenoxy) is 1. The topological polar surface area (TPSA) is 120 Å². The molecule has 0 heterocycles. The maximum atomic E-state index is 12.1. The number of carbonyl (C=O) groups is 2. The highest BCUT2D eigenvalue weighted by atomic mass is 16.5. The van der Waals surface area contributed by atoms with Gasteiger partial charge in [0.25, 0.3) is 11.8 Å². The Morgan fingerprint density at radius 1 is 1.14 bits per heavy atom. The van der Waals surface area contributed by atoms with Crippen LogP contribution in [0.1, 0.15) is 23.2 Å². The first-order chi connectivity index (χ1) is 10.6. The van der Waals surface area contributed by atoms with Crippen LogP contribution >= 0.6 is 0 Å². The van der Waals surface area contributed by atoms with Gasteiger partial charge in [-0.15, -0.1) is 0 Å². The molecule has 1 aromatic rings. The lowest BCUT2D eigenvalue weighted by Crippen LogP contribution is -2.36. The molecule has 0 saturated heterocycles. The molecule has 0 fully saturated rings. The molecular formula is C15H16N4O3. The van der Waals surface area contributed by atoms with Crippen molar-refractivity contribution in [3.63, 3.8) is 0 Å². The van der Waals surface area contributed by atoms with Crippen LogP contribution in [0.2, 0.25) is 0 Å². The molecule has 0 unspecified atom stereocenters. The van der Waals surface area contributed by atoms with Crippen LogP contribution < -0.4 is 10.5 Å². The first-order valence-electron chi connectivity index (χ1n) is 6.63. The summed E-state index contributed by atoms with van der Waals surface area (Å²) in [5, 5.41) is 17.2. The van der Waals surface area contributed by atoms with Crippen molar-refractivity contribution < 1.29 is 14.3 Å². The van der Waals surface area contributed by atoms with Crippen LogP contribution in [0, 0.1) is 22.7 Å². The Labute approximate surface area is 128 Å². The molecule has 7 heteroatoms. The Kier molecular flexibility index (Phi) is 6.94. The molecule has 0 spiro atoms. The van der Waals surface area contributed by atoms with E-state index in [9.17, 15) is 9.59 Å². The minimum Gasteiger partial charge on any atom is -0.483 e. The highest BCUT2D eigenvalue weighted by Gasteiger charge is 2.15. The predicted molar refractivity (Wildman–Crippen MR) is 77.5 cm³/mol. The third-order valence-electron chi connectivity index (χ3n) is 2.84. The number of primary amides is 1. The van der Waals surface area contributed by atoms with Gasteiger partial charge in [0.2, 0.25) is 0 Å². The second-order valence-electron chi connectivity index (χ2n) is 4.35. The molecule has 7 nitrogen and oxygen atoms in total. The molecule has 22 heavy (non-hydrogen) atoms. The van der Waals surface area contributed by atoms with Crippen molar-refractivity contribution in [2.75, 3.05) is 19.7 Å². The van der Waals surface area contributed by atoms with Gasteiger partial charge in [-0.2, -0.15) is 10.5 Å². The average Bonchev–Trinajstić information content (AvgIpc) is 2.53. The lowest BCUT2D eigenvalue weighted by Gasteiger charge is -2.20. The highest BCUT2D eigenvalue weighted by molar-refractivity contribution is 5.95. The van der Waals surface area contributed by atoms with E-state index in [1.807, 2.05) is 12.1 Å². The summed E-state index contributed by atoms with van der Waals surface area (Å²) < 4.78 is 5.34. The lowest BCUT2D eigenvalue weighted by molar-refractivity contribution is -0.133. The summed E-state index contributed by atoms with van der Waals surface area (Å²) in [6.45, 7) is 0.177. The molecule has 0 aromatic heterocycles. The first kappa shape index (κ1) is 17.0. The standard InChI is InChI=1S/C15H16N4O3/c16-7-3-9-19(10-4-8-17)14(20)11-22-13-6-2-1-5-12(13)15(18)21/h1-2,5-6H,3-4,9-11H2,(H2,18,21). The molecule has 2 N–H and O–H groups in total. The molecule has 0 radical (unpaired) electrons. The van der Waals surface area contributed by atoms with E-state index in [1.165, 1.54) is 11.0 Å². The smallest absolute Gasteiger partial charge is 0.260 e. The molecule has 0 saturated carbocycles. The van der Waals surface area contributed by atoms with Crippen LogP contribution in [0.4, 0.5) is 0 Å². The molecule has 1 rings (SSSR count). The van der Waals surface area contributed by atoms with Crippen LogP contribution in [0.3, 0.4) is 0 Å². The van der Waals surface area contributed by atoms with Crippen LogP contribution in [0.25, 0.3) is 0 Å². The normalized spacial score (nSPS) is 9.36. The zero-order valence-electron chi connectivity index (χ0n) is 12.0. The monoisotopic (exact) mass is 300 g/mol. The summed E-state index contributed by atoms with van der Waals surface area (Å²) in [5.41, 5.74) is 5.42. The Bertz CT molecular complexity index is 598. The SMILES string of the molecule is N#CCCN(CCC#N)C(=O)COc1ccccc1C(N)=O. The number of nitrogens with zero attached hydrogens (tertiary/aromatic N) is 3. The number of hydrogen-bond donors (Lipinski definition) is 1. The van der Waals surface area contributed by atoms with Crippen LogP contribution in [-0.4, -0.2) is 36.4 Å². The Hall–Kier alpha value is -3.06. The minimum atomic E-state index is -0.645. The average molecular weight is 300 g/mol. The molecule has 2 amide bonds. The number of hydrogen-bond acceptors (Lipinski definition) is 5. The van der Waals surface area contributed by atoms with Crippen molar-refractivity contribution in [3.05, 3.63) is 29.8 Å². The quantitative estimate of drug-likeness (QED) is 0.762. The Balaban J connectivity index is 2.68. The van der Waals surface area contributed by atoms with Crippen molar-refractivity contribution in [2.45, 2.75) is 12.8 Å². The summed E-state index contributed by atoms with van der Waals surface area (Å²) in [4.78, 5) is 24.7. The summed E-state index contributed by atoms with van der Waals surface area (Å²) in [7, 11) is 0. The van der Waals surface area contributed by atoms with E-state index in [0.717, 1.165) is 0 Å². The first-order valence-corrected chi connectivity index (χ1v) is 6.63. The Morgan fingerprint density at radius 2 is 1.73 bits per heavy atom. The molecular weight excluding hydrogens is 284 g/mol. The second-order valence-corrected chi connectivity index (χ2v) is 4.35. The van der Waals surface area contributed by atoms with Gasteiger partial charge < -0.3 is 15.4 Å². The van der Waals surface area contributed by atoms with Gasteiger partial charge in [0.15, 0.2) is 6.61 Å². The number of amides is 2. The molecule has 0 atom stereocenters. The predicted octanol–water partition coefficient (Wildman–Crippen LogP) is 0.820. The van der Waals surface area contributed by atoms with Gasteiger partial charge in [-0.25, -0.2) is 0 Å². The fraction of sp³-hybridized carbons (Fsp3) is 0.333. The van der Waals surface area contributed by atoms with Gasteiger partial charge in [-0.3, -0.25) is 9.59 Å². The zero-order valence-corrected chi connectivity index (χ0v) is 12.0. The van der Waals surface area contributed by atoms with E-state index in [4.69, 9.17) is 21.0 Å². The number of rotatable bonds is 8. The fourth-order valence-corrected chi connectivity index (χ4v) is 1.76. The largest absolute Gasteiger partial charge is 0.483 e. The van der Waals surface area contributed by atoms with Crippen molar-refractivity contribution in [3.8, 4) is 17.9 Å². The number of nitriles is 2. The van der Waals surface area contributed by atoms with Crippen molar-refractivity contribution in [2.24, 2.45) is 5.73 Å². The van der Waals surface area contributed by atoms with Crippen molar-refractivity contribution >= 4 is 11.8 Å². The molecule has 1 aromatic carbocycles. The van der Waals surface area contributed by atoms with Crippen molar-refractivity contribution in [1.82, 2.24) is 4.90 Å². The summed E-state index contributed by atoms with van der Waals surface area (Å²) >= 11 is 0. The lowest BCUT2D eigenvalue weighted by atomic mass is 10.2. The maximum Gasteiger partial charge on any atom is 0.260 e. The van der Waals surface area contributed by atoms with Crippen LogP contribution in [0.5, 0.6) is 5.75 Å². The van der Waals surface area contributed by atoms with E-state index < -0.39 is 5.91 Å². The number of carbonyl (C=O) groups excluding carboxylic acids is 2. The van der Waals surface area contributed by atoms with Crippen LogP contribution in [-0.2, 0) is 4.79 Å². The number of benzene rings is 1. The summed E-state index contributed by atoms with van der Waals surface area (Å²) in [6.07, 6.45) is 0.351. The van der Waals surface area contributed by atoms with E-state index in [-0.39, 0.29) is 49.8 Å². The number of para-hydroxylation sites is 1. The van der Waals surface area contributed by atoms with E-state index in [1.54, 1.807) is 18.2 Å². The summed E-state index contributed by atoms with van der Waals surface area (Å²) in [5.74, 6) is -0.775. The van der Waals surface area contributed by atoms with E-state index >= 15 is 0 Å². The zero-order chi connectivity index (χ0) is 16.4. The minimum absolute atomic E-state index is 0.176. The Morgan fingerprint density at radius 3 is 2.27 bits per heavy atom. The third kappa shape index (κ3) is 5.14. The fourth-order valence-electron chi connectivity index (χ4n) is 1.76. The maximum absolute atomic E-state index is 12.1. The van der Waals surface area contributed by atoms with Crippen LogP contribution in [0.15, 0.2) is 24.3 Å². The molecule has 0 aliphatic carbocycles. The van der Waals surface area contributed by atoms with E-state index in [0.29, 0.717) is 0 Å². The van der Waals surface area contributed by atoms with Gasteiger partial charge in [0, 0.05) is 13.1 Å². The molecule has 0 aliphatic heterocycles. The number of nitrogens with two attached hydrogens (primary N) is 1. The molecule has 0 bridgehead atoms. The molecule has 0 aliphatic rings. The van der Waals surface area contributed by atoms with Gasteiger partial charge in [0.05, 0.1) is 30.5 Å². The highest BCUT2D eigenvalue weighted by Crippen LogP contribution is 2.17. The third-order valence-corrected chi connectivity index (χ3v) is 2.84. The second kappa shape index (κ2) is 8.98.